The molecule has 1 aliphatic carbocycles. The molecule has 1 heteroatoms. The van der Waals surface area contributed by atoms with Gasteiger partial charge >= 0.3 is 0 Å². The van der Waals surface area contributed by atoms with Gasteiger partial charge in [-0.3, -0.25) is 0 Å². The highest BCUT2D eigenvalue weighted by Gasteiger charge is 2.46. The molecule has 0 saturated carbocycles. The summed E-state index contributed by atoms with van der Waals surface area (Å²) in [7, 11) is 0. The molecule has 0 bridgehead atoms. The van der Waals surface area contributed by atoms with E-state index in [4.69, 9.17) is 0 Å². The maximum absolute atomic E-state index is 3.90. The minimum absolute atomic E-state index is 0.396. The molecular formula is C14H25Br. The van der Waals surface area contributed by atoms with Crippen molar-refractivity contribution in [2.75, 3.05) is 0 Å². The molecule has 1 unspecified atom stereocenters. The van der Waals surface area contributed by atoms with E-state index in [9.17, 15) is 0 Å². The van der Waals surface area contributed by atoms with Crippen LogP contribution < -0.4 is 0 Å². The Morgan fingerprint density at radius 3 is 2.20 bits per heavy atom. The Morgan fingerprint density at radius 2 is 1.87 bits per heavy atom. The van der Waals surface area contributed by atoms with Gasteiger partial charge in [0.25, 0.3) is 0 Å². The van der Waals surface area contributed by atoms with Crippen LogP contribution in [0.4, 0.5) is 0 Å². The van der Waals surface area contributed by atoms with Crippen molar-refractivity contribution in [2.24, 2.45) is 23.2 Å². The maximum atomic E-state index is 3.90. The van der Waals surface area contributed by atoms with Crippen LogP contribution in [0.15, 0.2) is 11.6 Å². The molecule has 3 atom stereocenters. The fraction of sp³-hybridized carbons (Fsp3) is 0.857. The molecule has 88 valence electrons. The summed E-state index contributed by atoms with van der Waals surface area (Å²) in [5, 5.41) is 0. The molecule has 0 spiro atoms. The lowest BCUT2D eigenvalue weighted by atomic mass is 9.58. The molecule has 1 rings (SSSR count). The molecule has 0 amide bonds. The first kappa shape index (κ1) is 13.3. The molecule has 0 aromatic rings. The molecule has 0 aromatic heterocycles. The lowest BCUT2D eigenvalue weighted by Crippen LogP contribution is -2.45. The van der Waals surface area contributed by atoms with Gasteiger partial charge in [0.1, 0.15) is 0 Å². The molecule has 0 aromatic carbocycles. The highest BCUT2D eigenvalue weighted by molar-refractivity contribution is 9.09. The number of alkyl halides is 1. The summed E-state index contributed by atoms with van der Waals surface area (Å²) in [5.41, 5.74) is 1.99. The fourth-order valence-corrected chi connectivity index (χ4v) is 4.32. The second-order valence-electron chi connectivity index (χ2n) is 5.89. The van der Waals surface area contributed by atoms with E-state index in [0.29, 0.717) is 10.2 Å². The molecule has 0 N–H and O–H groups in total. The van der Waals surface area contributed by atoms with Crippen molar-refractivity contribution in [3.63, 3.8) is 0 Å². The summed E-state index contributed by atoms with van der Waals surface area (Å²) in [6.07, 6.45) is 3.61. The van der Waals surface area contributed by atoms with E-state index in [1.54, 1.807) is 5.57 Å². The van der Waals surface area contributed by atoms with Crippen LogP contribution in [0, 0.1) is 23.2 Å². The fourth-order valence-electron chi connectivity index (χ4n) is 3.32. The predicted molar refractivity (Wildman–Crippen MR) is 72.4 cm³/mol. The molecule has 0 aliphatic heterocycles. The molecule has 1 aliphatic rings. The van der Waals surface area contributed by atoms with Gasteiger partial charge in [0.2, 0.25) is 0 Å². The monoisotopic (exact) mass is 272 g/mol. The zero-order valence-corrected chi connectivity index (χ0v) is 12.6. The highest BCUT2D eigenvalue weighted by Crippen LogP contribution is 2.52. The van der Waals surface area contributed by atoms with Crippen molar-refractivity contribution in [1.29, 1.82) is 0 Å². The molecule has 0 nitrogen and oxygen atoms in total. The van der Waals surface area contributed by atoms with E-state index in [1.807, 2.05) is 0 Å². The van der Waals surface area contributed by atoms with Gasteiger partial charge < -0.3 is 0 Å². The van der Waals surface area contributed by atoms with Gasteiger partial charge in [0.15, 0.2) is 0 Å². The first-order valence-electron chi connectivity index (χ1n) is 6.12. The number of rotatable bonds is 2. The van der Waals surface area contributed by atoms with E-state index < -0.39 is 0 Å². The zero-order chi connectivity index (χ0) is 11.8. The Labute approximate surface area is 104 Å². The summed E-state index contributed by atoms with van der Waals surface area (Å²) >= 11 is 3.90. The van der Waals surface area contributed by atoms with Crippen LogP contribution in [0.2, 0.25) is 0 Å². The first-order chi connectivity index (χ1) is 6.81. The Kier molecular flexibility index (Phi) is 4.08. The maximum Gasteiger partial charge on any atom is 0.0242 e. The standard InChI is InChI=1S/C14H25Br/c1-9(2)13-11(5)7-8-12(15)14(13,6)10(3)4/h7,9-10,12-13H,8H2,1-6H3/t12-,13?,14+/m0/s1. The third-order valence-corrected chi connectivity index (χ3v) is 5.75. The SMILES string of the molecule is CC1=CC[C@H](Br)[C@@](C)(C(C)C)C1C(C)C. The minimum atomic E-state index is 0.396. The van der Waals surface area contributed by atoms with Crippen LogP contribution in [0.1, 0.15) is 48.0 Å². The lowest BCUT2D eigenvalue weighted by Gasteiger charge is -2.50. The molecule has 0 radical (unpaired) electrons. The van der Waals surface area contributed by atoms with Gasteiger partial charge in [0.05, 0.1) is 0 Å². The van der Waals surface area contributed by atoms with E-state index in [2.05, 4.69) is 63.5 Å². The van der Waals surface area contributed by atoms with Gasteiger partial charge in [-0.25, -0.2) is 0 Å². The molecule has 0 saturated heterocycles. The number of hydrogen-bond acceptors (Lipinski definition) is 0. The van der Waals surface area contributed by atoms with Crippen molar-refractivity contribution >= 4 is 15.9 Å². The van der Waals surface area contributed by atoms with Crippen LogP contribution >= 0.6 is 15.9 Å². The Hall–Kier alpha value is 0.220. The van der Waals surface area contributed by atoms with Crippen LogP contribution in [-0.4, -0.2) is 4.83 Å². The van der Waals surface area contributed by atoms with Crippen LogP contribution in [0.5, 0.6) is 0 Å². The average molecular weight is 273 g/mol. The van der Waals surface area contributed by atoms with Crippen LogP contribution in [-0.2, 0) is 0 Å². The van der Waals surface area contributed by atoms with Crippen molar-refractivity contribution in [1.82, 2.24) is 0 Å². The van der Waals surface area contributed by atoms with E-state index in [0.717, 1.165) is 17.8 Å². The van der Waals surface area contributed by atoms with Gasteiger partial charge in [0, 0.05) is 4.83 Å². The quantitative estimate of drug-likeness (QED) is 0.488. The number of halogens is 1. The zero-order valence-electron chi connectivity index (χ0n) is 11.0. The van der Waals surface area contributed by atoms with E-state index in [1.165, 1.54) is 6.42 Å². The average Bonchev–Trinajstić information content (AvgIpc) is 2.11. The van der Waals surface area contributed by atoms with Crippen molar-refractivity contribution in [3.8, 4) is 0 Å². The number of hydrogen-bond donors (Lipinski definition) is 0. The molecule has 0 fully saturated rings. The third kappa shape index (κ3) is 2.18. The van der Waals surface area contributed by atoms with Crippen molar-refractivity contribution in [2.45, 2.75) is 52.8 Å². The Morgan fingerprint density at radius 1 is 1.33 bits per heavy atom. The summed E-state index contributed by atoms with van der Waals surface area (Å²) in [6, 6.07) is 0. The Bertz CT molecular complexity index is 252. The minimum Gasteiger partial charge on any atom is -0.0881 e. The van der Waals surface area contributed by atoms with Gasteiger partial charge in [-0.2, -0.15) is 0 Å². The van der Waals surface area contributed by atoms with Crippen molar-refractivity contribution < 1.29 is 0 Å². The smallest absolute Gasteiger partial charge is 0.0242 e. The molecule has 15 heavy (non-hydrogen) atoms. The van der Waals surface area contributed by atoms with E-state index in [-0.39, 0.29) is 0 Å². The second-order valence-corrected chi connectivity index (χ2v) is 7.00. The molecule has 0 heterocycles. The number of allylic oxidation sites excluding steroid dienone is 2. The Balaban J connectivity index is 3.14. The predicted octanol–water partition coefficient (Wildman–Crippen LogP) is 5.03. The highest BCUT2D eigenvalue weighted by atomic mass is 79.9. The molecular weight excluding hydrogens is 248 g/mol. The summed E-state index contributed by atoms with van der Waals surface area (Å²) in [4.78, 5) is 0.626. The van der Waals surface area contributed by atoms with Crippen LogP contribution in [0.3, 0.4) is 0 Å². The summed E-state index contributed by atoms with van der Waals surface area (Å²) in [6.45, 7) is 14.2. The van der Waals surface area contributed by atoms with Crippen LogP contribution in [0.25, 0.3) is 0 Å². The first-order valence-corrected chi connectivity index (χ1v) is 7.04. The van der Waals surface area contributed by atoms with Gasteiger partial charge in [-0.05, 0) is 36.5 Å². The largest absolute Gasteiger partial charge is 0.0881 e. The topological polar surface area (TPSA) is 0 Å². The second kappa shape index (κ2) is 4.61. The van der Waals surface area contributed by atoms with Gasteiger partial charge in [-0.15, -0.1) is 0 Å². The van der Waals surface area contributed by atoms with Gasteiger partial charge in [-0.1, -0.05) is 62.2 Å². The lowest BCUT2D eigenvalue weighted by molar-refractivity contribution is 0.0927. The summed E-state index contributed by atoms with van der Waals surface area (Å²) < 4.78 is 0. The van der Waals surface area contributed by atoms with E-state index >= 15 is 0 Å². The van der Waals surface area contributed by atoms with Crippen molar-refractivity contribution in [3.05, 3.63) is 11.6 Å². The summed E-state index contributed by atoms with van der Waals surface area (Å²) in [5.74, 6) is 2.17. The third-order valence-electron chi connectivity index (χ3n) is 4.39. The normalized spacial score (nSPS) is 37.3.